The number of nitrogens with one attached hydrogen (secondary N) is 1. The minimum absolute atomic E-state index is 0.0101. The second-order valence-corrected chi connectivity index (χ2v) is 7.44. The number of hydrogen-bond acceptors (Lipinski definition) is 3. The third kappa shape index (κ3) is 4.35. The highest BCUT2D eigenvalue weighted by Crippen LogP contribution is 2.44. The van der Waals surface area contributed by atoms with Gasteiger partial charge < -0.3 is 15.2 Å². The fourth-order valence-corrected chi connectivity index (χ4v) is 4.03. The van der Waals surface area contributed by atoms with Gasteiger partial charge in [-0.25, -0.2) is 4.79 Å². The molecule has 2 atom stereocenters. The first-order valence-electron chi connectivity index (χ1n) is 9.84. The highest BCUT2D eigenvalue weighted by molar-refractivity contribution is 5.79. The summed E-state index contributed by atoms with van der Waals surface area (Å²) in [6, 6.07) is 15.9. The van der Waals surface area contributed by atoms with Crippen LogP contribution in [0.4, 0.5) is 4.79 Å². The number of ether oxygens (including phenoxy) is 1. The van der Waals surface area contributed by atoms with Crippen LogP contribution in [-0.4, -0.2) is 29.8 Å². The van der Waals surface area contributed by atoms with Gasteiger partial charge in [0.25, 0.3) is 0 Å². The van der Waals surface area contributed by atoms with Gasteiger partial charge in [-0.05, 0) is 34.6 Å². The van der Waals surface area contributed by atoms with E-state index < -0.39 is 18.1 Å². The summed E-state index contributed by atoms with van der Waals surface area (Å²) in [5, 5.41) is 11.9. The largest absolute Gasteiger partial charge is 0.481 e. The molecule has 0 spiro atoms. The van der Waals surface area contributed by atoms with Crippen LogP contribution >= 0.6 is 0 Å². The number of aliphatic carboxylic acids is 1. The average molecular weight is 381 g/mol. The molecule has 148 valence electrons. The predicted molar refractivity (Wildman–Crippen MR) is 108 cm³/mol. The molecule has 0 bridgehead atoms. The molecule has 28 heavy (non-hydrogen) atoms. The standard InChI is InChI=1S/C23H27NO4/c1-3-8-15(2)21(13-22(25)26)24-23(27)28-14-20-18-11-6-4-9-16(18)17-10-5-7-12-19(17)20/h4-7,9-12,15,20-21H,3,8,13-14H2,1-2H3,(H,24,27)(H,25,26). The van der Waals surface area contributed by atoms with Crippen LogP contribution in [0.3, 0.4) is 0 Å². The number of alkyl carbamates (subject to hydrolysis) is 1. The Morgan fingerprint density at radius 2 is 1.64 bits per heavy atom. The quantitative estimate of drug-likeness (QED) is 0.688. The zero-order valence-corrected chi connectivity index (χ0v) is 16.4. The van der Waals surface area contributed by atoms with Crippen molar-refractivity contribution in [2.75, 3.05) is 6.61 Å². The fourth-order valence-electron chi connectivity index (χ4n) is 4.03. The molecule has 0 saturated heterocycles. The van der Waals surface area contributed by atoms with Crippen LogP contribution in [-0.2, 0) is 9.53 Å². The zero-order valence-electron chi connectivity index (χ0n) is 16.4. The first-order chi connectivity index (χ1) is 13.5. The molecule has 3 rings (SSSR count). The Morgan fingerprint density at radius 1 is 1.07 bits per heavy atom. The van der Waals surface area contributed by atoms with E-state index in [1.165, 1.54) is 11.1 Å². The number of rotatable bonds is 8. The highest BCUT2D eigenvalue weighted by Gasteiger charge is 2.29. The molecule has 2 N–H and O–H groups in total. The van der Waals surface area contributed by atoms with Crippen LogP contribution in [0.25, 0.3) is 11.1 Å². The molecule has 1 amide bonds. The predicted octanol–water partition coefficient (Wildman–Crippen LogP) is 4.80. The molecule has 2 unspecified atom stereocenters. The highest BCUT2D eigenvalue weighted by atomic mass is 16.5. The summed E-state index contributed by atoms with van der Waals surface area (Å²) in [6.45, 7) is 4.23. The Hall–Kier alpha value is -2.82. The van der Waals surface area contributed by atoms with Crippen LogP contribution in [0.15, 0.2) is 48.5 Å². The molecule has 5 nitrogen and oxygen atoms in total. The van der Waals surface area contributed by atoms with Gasteiger partial charge in [-0.2, -0.15) is 0 Å². The van der Waals surface area contributed by atoms with Gasteiger partial charge in [-0.1, -0.05) is 68.8 Å². The molecule has 0 heterocycles. The van der Waals surface area contributed by atoms with Gasteiger partial charge in [-0.15, -0.1) is 0 Å². The lowest BCUT2D eigenvalue weighted by atomic mass is 9.94. The van der Waals surface area contributed by atoms with E-state index in [9.17, 15) is 9.59 Å². The molecule has 1 aliphatic carbocycles. The molecule has 0 fully saturated rings. The van der Waals surface area contributed by atoms with Crippen molar-refractivity contribution >= 4 is 12.1 Å². The maximum atomic E-state index is 12.4. The Kier molecular flexibility index (Phi) is 6.34. The smallest absolute Gasteiger partial charge is 0.407 e. The van der Waals surface area contributed by atoms with Gasteiger partial charge >= 0.3 is 12.1 Å². The number of carboxylic acid groups (broad SMARTS) is 1. The van der Waals surface area contributed by atoms with Crippen LogP contribution in [0.1, 0.15) is 50.2 Å². The molecule has 5 heteroatoms. The van der Waals surface area contributed by atoms with Crippen LogP contribution in [0.2, 0.25) is 0 Å². The minimum atomic E-state index is -0.924. The summed E-state index contributed by atoms with van der Waals surface area (Å²) in [5.74, 6) is -0.863. The number of carbonyl (C=O) groups is 2. The number of hydrogen-bond donors (Lipinski definition) is 2. The van der Waals surface area contributed by atoms with E-state index in [0.29, 0.717) is 0 Å². The van der Waals surface area contributed by atoms with Crippen LogP contribution in [0, 0.1) is 5.92 Å². The van der Waals surface area contributed by atoms with Crippen molar-refractivity contribution in [3.8, 4) is 11.1 Å². The maximum Gasteiger partial charge on any atom is 0.407 e. The first kappa shape index (κ1) is 19.9. The summed E-state index contributed by atoms with van der Waals surface area (Å²) < 4.78 is 5.54. The summed E-state index contributed by atoms with van der Waals surface area (Å²) in [7, 11) is 0. The molecular weight excluding hydrogens is 354 g/mol. The van der Waals surface area contributed by atoms with E-state index in [1.54, 1.807) is 0 Å². The van der Waals surface area contributed by atoms with Crippen molar-refractivity contribution in [2.24, 2.45) is 5.92 Å². The van der Waals surface area contributed by atoms with Gasteiger partial charge in [-0.3, -0.25) is 4.79 Å². The first-order valence-corrected chi connectivity index (χ1v) is 9.84. The Labute approximate surface area is 165 Å². The topological polar surface area (TPSA) is 75.6 Å². The molecule has 0 aromatic heterocycles. The lowest BCUT2D eigenvalue weighted by molar-refractivity contribution is -0.137. The van der Waals surface area contributed by atoms with Gasteiger partial charge in [0.05, 0.1) is 6.42 Å². The number of benzene rings is 2. The third-order valence-electron chi connectivity index (χ3n) is 5.47. The Morgan fingerprint density at radius 3 is 2.18 bits per heavy atom. The number of carboxylic acids is 1. The molecule has 0 aliphatic heterocycles. The van der Waals surface area contributed by atoms with E-state index in [4.69, 9.17) is 9.84 Å². The monoisotopic (exact) mass is 381 g/mol. The van der Waals surface area contributed by atoms with Gasteiger partial charge in [0.1, 0.15) is 6.61 Å². The number of amides is 1. The fraction of sp³-hybridized carbons (Fsp3) is 0.391. The van der Waals surface area contributed by atoms with Crippen molar-refractivity contribution in [1.82, 2.24) is 5.32 Å². The van der Waals surface area contributed by atoms with Crippen molar-refractivity contribution < 1.29 is 19.4 Å². The maximum absolute atomic E-state index is 12.4. The average Bonchev–Trinajstić information content (AvgIpc) is 3.00. The molecule has 1 aliphatic rings. The third-order valence-corrected chi connectivity index (χ3v) is 5.47. The summed E-state index contributed by atoms with van der Waals surface area (Å²) >= 11 is 0. The zero-order chi connectivity index (χ0) is 20.1. The molecule has 2 aromatic carbocycles. The Bertz CT molecular complexity index is 803. The van der Waals surface area contributed by atoms with Gasteiger partial charge in [0.15, 0.2) is 0 Å². The minimum Gasteiger partial charge on any atom is -0.481 e. The lowest BCUT2D eigenvalue weighted by Gasteiger charge is -2.23. The van der Waals surface area contributed by atoms with Gasteiger partial charge in [0, 0.05) is 12.0 Å². The summed E-state index contributed by atoms with van der Waals surface area (Å²) in [5.41, 5.74) is 4.65. The second-order valence-electron chi connectivity index (χ2n) is 7.44. The number of fused-ring (bicyclic) bond motifs is 3. The van der Waals surface area contributed by atoms with E-state index in [0.717, 1.165) is 24.0 Å². The second kappa shape index (κ2) is 8.91. The van der Waals surface area contributed by atoms with Crippen molar-refractivity contribution in [2.45, 2.75) is 45.1 Å². The van der Waals surface area contributed by atoms with Crippen molar-refractivity contribution in [3.05, 3.63) is 59.7 Å². The lowest BCUT2D eigenvalue weighted by Crippen LogP contribution is -2.41. The Balaban J connectivity index is 1.68. The molecule has 0 radical (unpaired) electrons. The SMILES string of the molecule is CCCC(C)C(CC(=O)O)NC(=O)OCC1c2ccccc2-c2ccccc21. The van der Waals surface area contributed by atoms with Crippen LogP contribution in [0.5, 0.6) is 0 Å². The molecule has 2 aromatic rings. The normalized spacial score (nSPS) is 14.6. The van der Waals surface area contributed by atoms with E-state index in [1.807, 2.05) is 38.1 Å². The molecular formula is C23H27NO4. The summed E-state index contributed by atoms with van der Waals surface area (Å²) in [6.07, 6.45) is 1.12. The van der Waals surface area contributed by atoms with Crippen molar-refractivity contribution in [1.29, 1.82) is 0 Å². The van der Waals surface area contributed by atoms with Crippen molar-refractivity contribution in [3.63, 3.8) is 0 Å². The van der Waals surface area contributed by atoms with E-state index in [2.05, 4.69) is 29.6 Å². The number of carbonyl (C=O) groups excluding carboxylic acids is 1. The van der Waals surface area contributed by atoms with Gasteiger partial charge in [0.2, 0.25) is 0 Å². The molecule has 0 saturated carbocycles. The summed E-state index contributed by atoms with van der Waals surface area (Å²) in [4.78, 5) is 23.5. The van der Waals surface area contributed by atoms with Crippen LogP contribution < -0.4 is 5.32 Å². The van der Waals surface area contributed by atoms with E-state index >= 15 is 0 Å². The van der Waals surface area contributed by atoms with E-state index in [-0.39, 0.29) is 24.9 Å².